The Hall–Kier alpha value is -1.36. The van der Waals surface area contributed by atoms with Gasteiger partial charge in [-0.15, -0.1) is 11.8 Å². The highest BCUT2D eigenvalue weighted by Gasteiger charge is 2.06. The lowest BCUT2D eigenvalue weighted by Gasteiger charge is -2.08. The topological polar surface area (TPSA) is 61.5 Å². The molecule has 0 aliphatic heterocycles. The molecule has 0 heterocycles. The second-order valence-electron chi connectivity index (χ2n) is 3.31. The van der Waals surface area contributed by atoms with Crippen molar-refractivity contribution in [1.29, 1.82) is 0 Å². The van der Waals surface area contributed by atoms with Crippen LogP contribution in [-0.4, -0.2) is 25.4 Å². The highest BCUT2D eigenvalue weighted by Crippen LogP contribution is 2.31. The van der Waals surface area contributed by atoms with Crippen LogP contribution in [0.1, 0.15) is 13.3 Å². The number of carbonyl (C=O) groups is 1. The molecule has 0 aliphatic carbocycles. The lowest BCUT2D eigenvalue weighted by atomic mass is 10.3. The van der Waals surface area contributed by atoms with Gasteiger partial charge in [-0.05, 0) is 25.1 Å². The van der Waals surface area contributed by atoms with E-state index >= 15 is 0 Å². The highest BCUT2D eigenvalue weighted by molar-refractivity contribution is 7.99. The quantitative estimate of drug-likeness (QED) is 0.480. The average Bonchev–Trinajstić information content (AvgIpc) is 2.30. The van der Waals surface area contributed by atoms with Crippen LogP contribution in [0.4, 0.5) is 5.69 Å². The molecule has 2 N–H and O–H groups in total. The minimum Gasteiger partial charge on any atom is -0.496 e. The van der Waals surface area contributed by atoms with Crippen LogP contribution < -0.4 is 10.5 Å². The van der Waals surface area contributed by atoms with E-state index in [4.69, 9.17) is 15.2 Å². The number of esters is 1. The van der Waals surface area contributed by atoms with Gasteiger partial charge in [0.05, 0.1) is 25.0 Å². The molecule has 17 heavy (non-hydrogen) atoms. The number of hydrogen-bond acceptors (Lipinski definition) is 5. The number of rotatable bonds is 6. The van der Waals surface area contributed by atoms with E-state index in [0.29, 0.717) is 24.5 Å². The number of anilines is 1. The summed E-state index contributed by atoms with van der Waals surface area (Å²) in [5, 5.41) is 0. The maximum absolute atomic E-state index is 11.2. The molecule has 0 unspecified atom stereocenters. The van der Waals surface area contributed by atoms with Crippen molar-refractivity contribution >= 4 is 23.4 Å². The Labute approximate surface area is 105 Å². The van der Waals surface area contributed by atoms with E-state index in [1.165, 1.54) is 11.8 Å². The second-order valence-corrected chi connectivity index (χ2v) is 4.45. The Bertz CT molecular complexity index is 382. The molecule has 0 atom stereocenters. The maximum Gasteiger partial charge on any atom is 0.306 e. The van der Waals surface area contributed by atoms with Gasteiger partial charge in [0.2, 0.25) is 0 Å². The molecule has 1 rings (SSSR count). The lowest BCUT2D eigenvalue weighted by Crippen LogP contribution is -2.04. The fraction of sp³-hybridized carbons (Fsp3) is 0.417. The fourth-order valence-corrected chi connectivity index (χ4v) is 2.29. The van der Waals surface area contributed by atoms with Crippen LogP contribution in [0.25, 0.3) is 0 Å². The number of methoxy groups -OCH3 is 1. The first kappa shape index (κ1) is 13.7. The van der Waals surface area contributed by atoms with Gasteiger partial charge >= 0.3 is 5.97 Å². The molecule has 0 saturated heterocycles. The minimum atomic E-state index is -0.178. The van der Waals surface area contributed by atoms with Crippen molar-refractivity contribution in [3.8, 4) is 5.75 Å². The Balaban J connectivity index is 2.50. The van der Waals surface area contributed by atoms with E-state index in [-0.39, 0.29) is 5.97 Å². The molecule has 0 radical (unpaired) electrons. The zero-order chi connectivity index (χ0) is 12.7. The number of carbonyl (C=O) groups excluding carboxylic acids is 1. The van der Waals surface area contributed by atoms with E-state index in [9.17, 15) is 4.79 Å². The maximum atomic E-state index is 11.2. The summed E-state index contributed by atoms with van der Waals surface area (Å²) < 4.78 is 10.1. The van der Waals surface area contributed by atoms with E-state index in [1.54, 1.807) is 20.1 Å². The van der Waals surface area contributed by atoms with Crippen LogP contribution in [0.3, 0.4) is 0 Å². The van der Waals surface area contributed by atoms with Gasteiger partial charge in [0, 0.05) is 11.4 Å². The number of thioether (sulfide) groups is 1. The molecule has 0 aliphatic rings. The van der Waals surface area contributed by atoms with E-state index < -0.39 is 0 Å². The van der Waals surface area contributed by atoms with Gasteiger partial charge in [-0.25, -0.2) is 0 Å². The van der Waals surface area contributed by atoms with Crippen LogP contribution in [0.15, 0.2) is 23.1 Å². The number of nitrogens with two attached hydrogens (primary N) is 1. The zero-order valence-electron chi connectivity index (χ0n) is 10.1. The lowest BCUT2D eigenvalue weighted by molar-refractivity contribution is -0.142. The first-order valence-corrected chi connectivity index (χ1v) is 6.38. The number of hydrogen-bond donors (Lipinski definition) is 1. The summed E-state index contributed by atoms with van der Waals surface area (Å²) >= 11 is 1.53. The molecular formula is C12H17NO3S. The predicted molar refractivity (Wildman–Crippen MR) is 69.4 cm³/mol. The van der Waals surface area contributed by atoms with Crippen molar-refractivity contribution in [2.24, 2.45) is 0 Å². The smallest absolute Gasteiger partial charge is 0.306 e. The average molecular weight is 255 g/mol. The second kappa shape index (κ2) is 7.06. The zero-order valence-corrected chi connectivity index (χ0v) is 10.9. The van der Waals surface area contributed by atoms with Crippen molar-refractivity contribution in [1.82, 2.24) is 0 Å². The van der Waals surface area contributed by atoms with E-state index in [2.05, 4.69) is 0 Å². The Morgan fingerprint density at radius 1 is 1.47 bits per heavy atom. The summed E-state index contributed by atoms with van der Waals surface area (Å²) in [5.74, 6) is 1.24. The van der Waals surface area contributed by atoms with Gasteiger partial charge in [-0.2, -0.15) is 0 Å². The summed E-state index contributed by atoms with van der Waals surface area (Å²) in [6.07, 6.45) is 0.385. The molecule has 0 bridgehead atoms. The normalized spacial score (nSPS) is 10.0. The van der Waals surface area contributed by atoms with Gasteiger partial charge in [0.1, 0.15) is 5.75 Å². The molecule has 4 nitrogen and oxygen atoms in total. The fourth-order valence-electron chi connectivity index (χ4n) is 1.28. The summed E-state index contributed by atoms with van der Waals surface area (Å²) in [4.78, 5) is 12.1. The summed E-state index contributed by atoms with van der Waals surface area (Å²) in [6, 6.07) is 5.45. The van der Waals surface area contributed by atoms with Crippen molar-refractivity contribution in [2.75, 3.05) is 25.2 Å². The van der Waals surface area contributed by atoms with Gasteiger partial charge in [0.25, 0.3) is 0 Å². The highest BCUT2D eigenvalue weighted by atomic mass is 32.2. The van der Waals surface area contributed by atoms with E-state index in [1.807, 2.05) is 12.1 Å². The first-order valence-electron chi connectivity index (χ1n) is 5.39. The standard InChI is InChI=1S/C12H17NO3S/c1-3-16-12(14)6-7-17-11-8-9(13)4-5-10(11)15-2/h4-5,8H,3,6-7,13H2,1-2H3. The Morgan fingerprint density at radius 3 is 2.88 bits per heavy atom. The third-order valence-corrected chi connectivity index (χ3v) is 3.10. The molecule has 0 fully saturated rings. The summed E-state index contributed by atoms with van der Waals surface area (Å²) in [7, 11) is 1.61. The van der Waals surface area contributed by atoms with Crippen molar-refractivity contribution < 1.29 is 14.3 Å². The van der Waals surface area contributed by atoms with Crippen molar-refractivity contribution in [2.45, 2.75) is 18.2 Å². The van der Waals surface area contributed by atoms with Gasteiger partial charge in [-0.1, -0.05) is 0 Å². The van der Waals surface area contributed by atoms with Crippen LogP contribution in [0.2, 0.25) is 0 Å². The predicted octanol–water partition coefficient (Wildman–Crippen LogP) is 2.32. The van der Waals surface area contributed by atoms with Crippen LogP contribution in [0, 0.1) is 0 Å². The summed E-state index contributed by atoms with van der Waals surface area (Å²) in [5.41, 5.74) is 6.39. The van der Waals surface area contributed by atoms with Crippen molar-refractivity contribution in [3.63, 3.8) is 0 Å². The number of ether oxygens (including phenoxy) is 2. The van der Waals surface area contributed by atoms with Crippen LogP contribution in [0.5, 0.6) is 5.75 Å². The van der Waals surface area contributed by atoms with Crippen LogP contribution >= 0.6 is 11.8 Å². The molecule has 94 valence electrons. The minimum absolute atomic E-state index is 0.178. The van der Waals surface area contributed by atoms with Gasteiger partial charge in [0.15, 0.2) is 0 Å². The third-order valence-electron chi connectivity index (χ3n) is 2.06. The summed E-state index contributed by atoms with van der Waals surface area (Å²) in [6.45, 7) is 2.22. The first-order chi connectivity index (χ1) is 8.17. The van der Waals surface area contributed by atoms with Gasteiger partial charge < -0.3 is 15.2 Å². The monoisotopic (exact) mass is 255 g/mol. The molecule has 1 aromatic carbocycles. The number of benzene rings is 1. The van der Waals surface area contributed by atoms with E-state index in [0.717, 1.165) is 10.6 Å². The third kappa shape index (κ3) is 4.56. The molecule has 0 aromatic heterocycles. The molecule has 0 saturated carbocycles. The van der Waals surface area contributed by atoms with Gasteiger partial charge in [-0.3, -0.25) is 4.79 Å². The molecule has 5 heteroatoms. The van der Waals surface area contributed by atoms with Crippen molar-refractivity contribution in [3.05, 3.63) is 18.2 Å². The molecular weight excluding hydrogens is 238 g/mol. The molecule has 1 aromatic rings. The Kier molecular flexibility index (Phi) is 5.69. The Morgan fingerprint density at radius 2 is 2.24 bits per heavy atom. The molecule has 0 spiro atoms. The van der Waals surface area contributed by atoms with Crippen LogP contribution in [-0.2, 0) is 9.53 Å². The number of nitrogen functional groups attached to an aromatic ring is 1. The largest absolute Gasteiger partial charge is 0.496 e. The molecule has 0 amide bonds. The SMILES string of the molecule is CCOC(=O)CCSc1cc(N)ccc1OC.